The lowest BCUT2D eigenvalue weighted by Gasteiger charge is -2.16. The van der Waals surface area contributed by atoms with Crippen LogP contribution >= 0.6 is 11.8 Å². The van der Waals surface area contributed by atoms with Crippen molar-refractivity contribution in [2.24, 2.45) is 0 Å². The summed E-state index contributed by atoms with van der Waals surface area (Å²) in [5.74, 6) is -1.56. The van der Waals surface area contributed by atoms with Crippen molar-refractivity contribution < 1.29 is 27.6 Å². The fourth-order valence-electron chi connectivity index (χ4n) is 4.02. The van der Waals surface area contributed by atoms with E-state index < -0.39 is 34.7 Å². The largest absolute Gasteiger partial charge is 0.418 e. The summed E-state index contributed by atoms with van der Waals surface area (Å²) in [6, 6.07) is 27.4. The van der Waals surface area contributed by atoms with E-state index in [0.717, 1.165) is 29.0 Å². The second-order valence-electron chi connectivity index (χ2n) is 9.56. The standard InChI is InChI=1S/C33H28F3N3O3S/c1-21-9-8-10-23(19-21)20-29(39-31(41)24-11-4-3-5-12-24)32(42)37-25-15-17-26(18-16-25)43-22(2)30(40)38-28-14-7-6-13-27(28)33(34,35)36/h3-20,22H,1-2H3,(H,37,42)(H,38,40)(H,39,41)/b29-20-. The van der Waals surface area contributed by atoms with Gasteiger partial charge >= 0.3 is 6.18 Å². The Balaban J connectivity index is 1.43. The number of nitrogens with one attached hydrogen (secondary N) is 3. The molecule has 0 saturated heterocycles. The number of anilines is 2. The maximum absolute atomic E-state index is 13.3. The Labute approximate surface area is 251 Å². The number of benzene rings is 4. The minimum absolute atomic E-state index is 0.0438. The molecular formula is C33H28F3N3O3S. The van der Waals surface area contributed by atoms with Crippen LogP contribution in [0.25, 0.3) is 6.08 Å². The molecule has 0 aliphatic rings. The van der Waals surface area contributed by atoms with Gasteiger partial charge in [0.05, 0.1) is 16.5 Å². The number of hydrogen-bond donors (Lipinski definition) is 3. The first kappa shape index (κ1) is 31.1. The van der Waals surface area contributed by atoms with Gasteiger partial charge in [0.1, 0.15) is 5.70 Å². The first-order valence-corrected chi connectivity index (χ1v) is 14.1. The number of carbonyl (C=O) groups is 3. The molecule has 43 heavy (non-hydrogen) atoms. The zero-order valence-corrected chi connectivity index (χ0v) is 24.1. The molecule has 4 rings (SSSR count). The summed E-state index contributed by atoms with van der Waals surface area (Å²) in [6.07, 6.45) is -3.01. The summed E-state index contributed by atoms with van der Waals surface area (Å²) in [5.41, 5.74) is 1.37. The number of amides is 3. The van der Waals surface area contributed by atoms with Gasteiger partial charge in [-0.1, -0.05) is 60.2 Å². The maximum atomic E-state index is 13.3. The number of halogens is 3. The molecule has 0 saturated carbocycles. The summed E-state index contributed by atoms with van der Waals surface area (Å²) < 4.78 is 39.8. The van der Waals surface area contributed by atoms with Crippen LogP contribution in [0.5, 0.6) is 0 Å². The van der Waals surface area contributed by atoms with E-state index in [9.17, 15) is 27.6 Å². The molecule has 0 aliphatic heterocycles. The van der Waals surface area contributed by atoms with Crippen molar-refractivity contribution in [2.45, 2.75) is 30.2 Å². The summed E-state index contributed by atoms with van der Waals surface area (Å²) >= 11 is 1.15. The highest BCUT2D eigenvalue weighted by atomic mass is 32.2. The molecule has 6 nitrogen and oxygen atoms in total. The van der Waals surface area contributed by atoms with Gasteiger partial charge in [-0.3, -0.25) is 14.4 Å². The molecule has 1 unspecified atom stereocenters. The number of para-hydroxylation sites is 1. The highest BCUT2D eigenvalue weighted by Crippen LogP contribution is 2.35. The summed E-state index contributed by atoms with van der Waals surface area (Å²) in [4.78, 5) is 39.4. The summed E-state index contributed by atoms with van der Waals surface area (Å²) in [5, 5.41) is 7.12. The van der Waals surface area contributed by atoms with E-state index in [0.29, 0.717) is 16.1 Å². The van der Waals surface area contributed by atoms with Crippen LogP contribution in [0.1, 0.15) is 34.0 Å². The molecule has 10 heteroatoms. The minimum atomic E-state index is -4.60. The van der Waals surface area contributed by atoms with Crippen molar-refractivity contribution >= 4 is 46.9 Å². The average Bonchev–Trinajstić information content (AvgIpc) is 2.98. The average molecular weight is 604 g/mol. The molecule has 0 radical (unpaired) electrons. The fraction of sp³-hybridized carbons (Fsp3) is 0.121. The fourth-order valence-corrected chi connectivity index (χ4v) is 4.88. The predicted molar refractivity (Wildman–Crippen MR) is 164 cm³/mol. The predicted octanol–water partition coefficient (Wildman–Crippen LogP) is 7.54. The van der Waals surface area contributed by atoms with E-state index in [1.165, 1.54) is 18.2 Å². The van der Waals surface area contributed by atoms with Crippen molar-refractivity contribution in [3.05, 3.63) is 131 Å². The Morgan fingerprint density at radius 2 is 1.49 bits per heavy atom. The van der Waals surface area contributed by atoms with E-state index in [1.54, 1.807) is 67.6 Å². The van der Waals surface area contributed by atoms with Gasteiger partial charge < -0.3 is 16.0 Å². The molecule has 0 spiro atoms. The van der Waals surface area contributed by atoms with E-state index >= 15 is 0 Å². The Morgan fingerprint density at radius 3 is 2.16 bits per heavy atom. The molecular weight excluding hydrogens is 575 g/mol. The molecule has 0 heterocycles. The van der Waals surface area contributed by atoms with Gasteiger partial charge in [0.25, 0.3) is 11.8 Å². The molecule has 1 atom stereocenters. The van der Waals surface area contributed by atoms with Gasteiger partial charge in [-0.2, -0.15) is 13.2 Å². The second-order valence-corrected chi connectivity index (χ2v) is 11.0. The van der Waals surface area contributed by atoms with Crippen molar-refractivity contribution in [1.82, 2.24) is 5.32 Å². The van der Waals surface area contributed by atoms with Crippen LogP contribution < -0.4 is 16.0 Å². The van der Waals surface area contributed by atoms with E-state index in [1.807, 2.05) is 31.2 Å². The molecule has 3 N–H and O–H groups in total. The molecule has 0 fully saturated rings. The summed E-state index contributed by atoms with van der Waals surface area (Å²) in [6.45, 7) is 3.51. The van der Waals surface area contributed by atoms with Crippen molar-refractivity contribution in [1.29, 1.82) is 0 Å². The number of aryl methyl sites for hydroxylation is 1. The van der Waals surface area contributed by atoms with Crippen LogP contribution in [0.15, 0.2) is 114 Å². The van der Waals surface area contributed by atoms with Gasteiger partial charge in [0.2, 0.25) is 5.91 Å². The third-order valence-electron chi connectivity index (χ3n) is 6.17. The van der Waals surface area contributed by atoms with Crippen LogP contribution in [-0.2, 0) is 15.8 Å². The zero-order chi connectivity index (χ0) is 31.0. The molecule has 220 valence electrons. The number of rotatable bonds is 9. The van der Waals surface area contributed by atoms with Crippen LogP contribution in [-0.4, -0.2) is 23.0 Å². The molecule has 4 aromatic rings. The maximum Gasteiger partial charge on any atom is 0.418 e. The molecule has 3 amide bonds. The SMILES string of the molecule is Cc1cccc(/C=C(\NC(=O)c2ccccc2)C(=O)Nc2ccc(SC(C)C(=O)Nc3ccccc3C(F)(F)F)cc2)c1. The first-order valence-electron chi connectivity index (χ1n) is 13.2. The number of thioether (sulfide) groups is 1. The van der Waals surface area contributed by atoms with Crippen LogP contribution in [0, 0.1) is 6.92 Å². The Kier molecular flexibility index (Phi) is 10.0. The Morgan fingerprint density at radius 1 is 0.814 bits per heavy atom. The smallest absolute Gasteiger partial charge is 0.325 e. The third-order valence-corrected chi connectivity index (χ3v) is 7.28. The number of carbonyl (C=O) groups excluding carboxylic acids is 3. The normalized spacial score (nSPS) is 12.3. The lowest BCUT2D eigenvalue weighted by molar-refractivity contribution is -0.137. The topological polar surface area (TPSA) is 87.3 Å². The van der Waals surface area contributed by atoms with E-state index in [-0.39, 0.29) is 11.4 Å². The molecule has 0 aromatic heterocycles. The first-order chi connectivity index (χ1) is 20.5. The minimum Gasteiger partial charge on any atom is -0.325 e. The van der Waals surface area contributed by atoms with E-state index in [4.69, 9.17) is 0 Å². The Hall–Kier alpha value is -4.83. The number of alkyl halides is 3. The van der Waals surface area contributed by atoms with Gasteiger partial charge in [-0.05, 0) is 74.0 Å². The van der Waals surface area contributed by atoms with Crippen molar-refractivity contribution in [3.63, 3.8) is 0 Å². The zero-order valence-electron chi connectivity index (χ0n) is 23.2. The van der Waals surface area contributed by atoms with E-state index in [2.05, 4.69) is 16.0 Å². The van der Waals surface area contributed by atoms with Crippen LogP contribution in [0.2, 0.25) is 0 Å². The highest BCUT2D eigenvalue weighted by Gasteiger charge is 2.34. The molecule has 0 aliphatic carbocycles. The van der Waals surface area contributed by atoms with Crippen LogP contribution in [0.3, 0.4) is 0 Å². The van der Waals surface area contributed by atoms with Crippen molar-refractivity contribution in [2.75, 3.05) is 10.6 Å². The van der Waals surface area contributed by atoms with Gasteiger partial charge in [-0.25, -0.2) is 0 Å². The second kappa shape index (κ2) is 13.9. The van der Waals surface area contributed by atoms with Gasteiger partial charge in [-0.15, -0.1) is 11.8 Å². The van der Waals surface area contributed by atoms with Crippen LogP contribution in [0.4, 0.5) is 24.5 Å². The highest BCUT2D eigenvalue weighted by molar-refractivity contribution is 8.00. The molecule has 4 aromatic carbocycles. The monoisotopic (exact) mass is 603 g/mol. The van der Waals surface area contributed by atoms with Gasteiger partial charge in [0, 0.05) is 16.1 Å². The van der Waals surface area contributed by atoms with Crippen molar-refractivity contribution in [3.8, 4) is 0 Å². The molecule has 0 bridgehead atoms. The quantitative estimate of drug-likeness (QED) is 0.136. The lowest BCUT2D eigenvalue weighted by Crippen LogP contribution is -2.30. The Bertz CT molecular complexity index is 1640. The number of hydrogen-bond acceptors (Lipinski definition) is 4. The van der Waals surface area contributed by atoms with Gasteiger partial charge in [0.15, 0.2) is 0 Å². The third kappa shape index (κ3) is 8.83. The summed E-state index contributed by atoms with van der Waals surface area (Å²) in [7, 11) is 0. The lowest BCUT2D eigenvalue weighted by atomic mass is 10.1.